The van der Waals surface area contributed by atoms with Gasteiger partial charge in [-0.1, -0.05) is 12.1 Å². The van der Waals surface area contributed by atoms with E-state index in [4.69, 9.17) is 13.7 Å². The van der Waals surface area contributed by atoms with Crippen LogP contribution in [-0.2, 0) is 9.31 Å². The third kappa shape index (κ3) is 2.16. The lowest BCUT2D eigenvalue weighted by atomic mass is 9.79. The topological polar surface area (TPSA) is 44.5 Å². The van der Waals surface area contributed by atoms with Crippen LogP contribution in [0.25, 0.3) is 22.1 Å². The van der Waals surface area contributed by atoms with E-state index in [1.165, 1.54) is 6.07 Å². The van der Waals surface area contributed by atoms with Crippen LogP contribution in [0, 0.1) is 5.95 Å². The summed E-state index contributed by atoms with van der Waals surface area (Å²) in [7, 11) is -0.456. The quantitative estimate of drug-likeness (QED) is 0.510. The van der Waals surface area contributed by atoms with Crippen molar-refractivity contribution in [1.29, 1.82) is 0 Å². The number of hydrogen-bond donors (Lipinski definition) is 0. The Morgan fingerprint density at radius 2 is 1.61 bits per heavy atom. The molecule has 4 nitrogen and oxygen atoms in total. The smallest absolute Gasteiger partial charge is 0.438 e. The molecule has 0 amide bonds. The summed E-state index contributed by atoms with van der Waals surface area (Å²) in [6, 6.07) is 8.76. The molecule has 2 aromatic heterocycles. The van der Waals surface area contributed by atoms with Gasteiger partial charge < -0.3 is 13.7 Å². The molecular weight excluding hydrogens is 296 g/mol. The van der Waals surface area contributed by atoms with Crippen LogP contribution in [0.5, 0.6) is 0 Å². The van der Waals surface area contributed by atoms with E-state index in [9.17, 15) is 4.39 Å². The maximum absolute atomic E-state index is 13.2. The molecule has 0 atom stereocenters. The summed E-state index contributed by atoms with van der Waals surface area (Å²) < 4.78 is 31.0. The van der Waals surface area contributed by atoms with Crippen molar-refractivity contribution in [3.8, 4) is 0 Å². The third-order valence-corrected chi connectivity index (χ3v) is 4.85. The van der Waals surface area contributed by atoms with E-state index < -0.39 is 24.3 Å². The van der Waals surface area contributed by atoms with Gasteiger partial charge in [-0.2, -0.15) is 9.37 Å². The lowest BCUT2D eigenvalue weighted by molar-refractivity contribution is 0.00578. The van der Waals surface area contributed by atoms with Gasteiger partial charge in [-0.3, -0.25) is 0 Å². The summed E-state index contributed by atoms with van der Waals surface area (Å²) in [4.78, 5) is 3.79. The zero-order valence-corrected chi connectivity index (χ0v) is 13.5. The van der Waals surface area contributed by atoms with Gasteiger partial charge in [0.1, 0.15) is 5.58 Å². The molecule has 118 valence electrons. The highest BCUT2D eigenvalue weighted by atomic mass is 19.1. The van der Waals surface area contributed by atoms with Crippen LogP contribution in [0.2, 0.25) is 0 Å². The zero-order chi connectivity index (χ0) is 16.4. The molecule has 1 fully saturated rings. The summed E-state index contributed by atoms with van der Waals surface area (Å²) in [5.74, 6) is -0.553. The van der Waals surface area contributed by atoms with Crippen LogP contribution in [-0.4, -0.2) is 23.3 Å². The van der Waals surface area contributed by atoms with Crippen molar-refractivity contribution in [2.75, 3.05) is 0 Å². The highest BCUT2D eigenvalue weighted by Crippen LogP contribution is 2.37. The minimum atomic E-state index is -0.553. The molecule has 1 aromatic carbocycles. The van der Waals surface area contributed by atoms with Crippen molar-refractivity contribution in [2.45, 2.75) is 38.9 Å². The van der Waals surface area contributed by atoms with Crippen LogP contribution in [0.4, 0.5) is 4.39 Å². The first-order chi connectivity index (χ1) is 10.8. The van der Waals surface area contributed by atoms with E-state index >= 15 is 0 Å². The van der Waals surface area contributed by atoms with Crippen LogP contribution in [0.1, 0.15) is 27.7 Å². The first kappa shape index (κ1) is 14.7. The monoisotopic (exact) mass is 313 g/mol. The number of aromatic nitrogens is 1. The summed E-state index contributed by atoms with van der Waals surface area (Å²) in [6.45, 7) is 8.05. The van der Waals surface area contributed by atoms with Gasteiger partial charge in [0.15, 0.2) is 0 Å². The zero-order valence-electron chi connectivity index (χ0n) is 13.5. The Morgan fingerprint density at radius 3 is 2.30 bits per heavy atom. The van der Waals surface area contributed by atoms with Crippen molar-refractivity contribution >= 4 is 34.7 Å². The van der Waals surface area contributed by atoms with Gasteiger partial charge in [0.05, 0.1) is 11.2 Å². The fourth-order valence-corrected chi connectivity index (χ4v) is 2.78. The largest absolute Gasteiger partial charge is 0.494 e. The highest BCUT2D eigenvalue weighted by Gasteiger charge is 2.51. The lowest BCUT2D eigenvalue weighted by Gasteiger charge is -2.32. The van der Waals surface area contributed by atoms with Crippen molar-refractivity contribution in [2.24, 2.45) is 0 Å². The number of halogens is 1. The maximum atomic E-state index is 13.2. The molecule has 1 aliphatic heterocycles. The Bertz CT molecular complexity index is 903. The van der Waals surface area contributed by atoms with Gasteiger partial charge in [-0.25, -0.2) is 0 Å². The summed E-state index contributed by atoms with van der Waals surface area (Å²) in [5.41, 5.74) is 1.02. The lowest BCUT2D eigenvalue weighted by Crippen LogP contribution is -2.41. The Hall–Kier alpha value is -1.92. The Labute approximate surface area is 133 Å². The summed E-state index contributed by atoms with van der Waals surface area (Å²) in [5, 5.41) is 1.69. The molecule has 4 rings (SSSR count). The van der Waals surface area contributed by atoms with E-state index in [0.29, 0.717) is 11.3 Å². The molecule has 6 heteroatoms. The third-order valence-electron chi connectivity index (χ3n) is 4.85. The van der Waals surface area contributed by atoms with Gasteiger partial charge in [-0.15, -0.1) is 0 Å². The Balaban J connectivity index is 1.79. The minimum Gasteiger partial charge on any atom is -0.438 e. The Kier molecular flexibility index (Phi) is 2.90. The molecule has 1 saturated heterocycles. The first-order valence-corrected chi connectivity index (χ1v) is 7.61. The second-order valence-electron chi connectivity index (χ2n) is 6.93. The number of pyridine rings is 1. The Morgan fingerprint density at radius 1 is 0.957 bits per heavy atom. The number of furan rings is 1. The summed E-state index contributed by atoms with van der Waals surface area (Å²) in [6.07, 6.45) is 0. The SMILES string of the molecule is CC1(C)OB(c2ccc3c(c2)oc2nc(F)ccc23)OC1(C)C. The van der Waals surface area contributed by atoms with Crippen molar-refractivity contribution < 1.29 is 18.1 Å². The molecule has 0 bridgehead atoms. The van der Waals surface area contributed by atoms with Gasteiger partial charge in [-0.05, 0) is 51.4 Å². The fourth-order valence-electron chi connectivity index (χ4n) is 2.78. The van der Waals surface area contributed by atoms with Crippen molar-refractivity contribution in [3.63, 3.8) is 0 Å². The van der Waals surface area contributed by atoms with Gasteiger partial charge in [0, 0.05) is 10.8 Å². The number of fused-ring (bicyclic) bond motifs is 3. The molecule has 3 heterocycles. The molecule has 0 radical (unpaired) electrons. The van der Waals surface area contributed by atoms with Gasteiger partial charge in [0.2, 0.25) is 11.7 Å². The predicted octanol–water partition coefficient (Wildman–Crippen LogP) is 3.42. The standard InChI is InChI=1S/C17H17BFNO3/c1-16(2)17(3,4)23-18(22-16)10-5-6-11-12-7-8-14(19)20-15(12)21-13(11)9-10/h5-9H,1-4H3. The van der Waals surface area contributed by atoms with Gasteiger partial charge in [0.25, 0.3) is 0 Å². The fraction of sp³-hybridized carbons (Fsp3) is 0.353. The average molecular weight is 313 g/mol. The van der Waals surface area contributed by atoms with Crippen molar-refractivity contribution in [1.82, 2.24) is 4.98 Å². The second-order valence-corrected chi connectivity index (χ2v) is 6.93. The first-order valence-electron chi connectivity index (χ1n) is 7.61. The molecule has 0 saturated carbocycles. The number of rotatable bonds is 1. The van der Waals surface area contributed by atoms with Crippen LogP contribution in [0.15, 0.2) is 34.7 Å². The molecule has 3 aromatic rings. The van der Waals surface area contributed by atoms with E-state index in [1.807, 2.05) is 45.9 Å². The molecule has 0 N–H and O–H groups in total. The molecular formula is C17H17BFNO3. The van der Waals surface area contributed by atoms with Gasteiger partial charge >= 0.3 is 7.12 Å². The van der Waals surface area contributed by atoms with Crippen LogP contribution < -0.4 is 5.46 Å². The predicted molar refractivity (Wildman–Crippen MR) is 87.2 cm³/mol. The molecule has 1 aliphatic rings. The molecule has 0 spiro atoms. The van der Waals surface area contributed by atoms with Crippen molar-refractivity contribution in [3.05, 3.63) is 36.3 Å². The maximum Gasteiger partial charge on any atom is 0.494 e. The van der Waals surface area contributed by atoms with E-state index in [-0.39, 0.29) is 0 Å². The molecule has 0 aliphatic carbocycles. The average Bonchev–Trinajstić information content (AvgIpc) is 2.91. The minimum absolute atomic E-state index is 0.297. The number of hydrogen-bond acceptors (Lipinski definition) is 4. The van der Waals surface area contributed by atoms with Crippen LogP contribution >= 0.6 is 0 Å². The van der Waals surface area contributed by atoms with E-state index in [1.54, 1.807) is 6.07 Å². The van der Waals surface area contributed by atoms with Crippen LogP contribution in [0.3, 0.4) is 0 Å². The molecule has 23 heavy (non-hydrogen) atoms. The van der Waals surface area contributed by atoms with E-state index in [2.05, 4.69) is 4.98 Å². The number of nitrogens with zero attached hydrogens (tertiary/aromatic N) is 1. The normalized spacial score (nSPS) is 19.8. The highest BCUT2D eigenvalue weighted by molar-refractivity contribution is 6.62. The molecule has 0 unspecified atom stereocenters. The van der Waals surface area contributed by atoms with E-state index in [0.717, 1.165) is 16.2 Å². The summed E-state index contributed by atoms with van der Waals surface area (Å²) >= 11 is 0. The second kappa shape index (κ2) is 4.55. The number of benzene rings is 1.